The number of Topliss-reactive ketones (excluding diaryl/α,β-unsaturated/α-hetero) is 1. The van der Waals surface area contributed by atoms with Gasteiger partial charge in [-0.05, 0) is 102 Å². The van der Waals surface area contributed by atoms with E-state index in [1.807, 2.05) is 6.08 Å². The highest BCUT2D eigenvalue weighted by Crippen LogP contribution is 2.60. The van der Waals surface area contributed by atoms with Gasteiger partial charge in [-0.25, -0.2) is 0 Å². The molecule has 2 saturated carbocycles. The van der Waals surface area contributed by atoms with Gasteiger partial charge in [0.25, 0.3) is 0 Å². The van der Waals surface area contributed by atoms with Crippen LogP contribution < -0.4 is 9.47 Å². The molecule has 2 fully saturated rings. The highest BCUT2D eigenvalue weighted by Gasteiger charge is 2.56. The third-order valence-electron chi connectivity index (χ3n) is 8.02. The van der Waals surface area contributed by atoms with E-state index in [1.165, 1.54) is 23.3 Å². The van der Waals surface area contributed by atoms with Crippen molar-refractivity contribution in [2.75, 3.05) is 7.11 Å². The van der Waals surface area contributed by atoms with E-state index in [-0.39, 0.29) is 16.9 Å². The predicted molar refractivity (Wildman–Crippen MR) is 119 cm³/mol. The van der Waals surface area contributed by atoms with Crippen LogP contribution in [0, 0.1) is 17.3 Å². The quantitative estimate of drug-likeness (QED) is 0.517. The second-order valence-corrected chi connectivity index (χ2v) is 9.59. The van der Waals surface area contributed by atoms with Gasteiger partial charge in [0, 0.05) is 5.41 Å². The zero-order valence-electron chi connectivity index (χ0n) is 18.4. The van der Waals surface area contributed by atoms with Crippen molar-refractivity contribution in [1.29, 1.82) is 0 Å². The van der Waals surface area contributed by atoms with Crippen molar-refractivity contribution in [2.45, 2.75) is 51.6 Å². The maximum Gasteiger partial charge on any atom is 0.387 e. The van der Waals surface area contributed by atoms with Crippen LogP contribution >= 0.6 is 0 Å². The van der Waals surface area contributed by atoms with Crippen LogP contribution in [-0.4, -0.2) is 19.5 Å². The number of hydrogen-bond acceptors (Lipinski definition) is 3. The number of aryl methyl sites for hydroxylation is 1. The fourth-order valence-electron chi connectivity index (χ4n) is 6.43. The van der Waals surface area contributed by atoms with E-state index in [0.717, 1.165) is 49.0 Å². The Labute approximate surface area is 187 Å². The topological polar surface area (TPSA) is 35.5 Å². The molecule has 3 nitrogen and oxygen atoms in total. The molecule has 32 heavy (non-hydrogen) atoms. The normalized spacial score (nSPS) is 30.1. The summed E-state index contributed by atoms with van der Waals surface area (Å²) in [4.78, 5) is 13.5. The molecule has 5 heteroatoms. The van der Waals surface area contributed by atoms with E-state index in [4.69, 9.17) is 4.74 Å². The lowest BCUT2D eigenvalue weighted by molar-refractivity contribution is -0.127. The number of methoxy groups -OCH3 is 1. The number of carbonyl (C=O) groups is 1. The van der Waals surface area contributed by atoms with E-state index >= 15 is 0 Å². The molecular weight excluding hydrogens is 410 g/mol. The van der Waals surface area contributed by atoms with Crippen LogP contribution in [0.25, 0.3) is 6.08 Å². The lowest BCUT2D eigenvalue weighted by Gasteiger charge is -2.48. The number of ether oxygens (including phenoxy) is 2. The van der Waals surface area contributed by atoms with E-state index in [0.29, 0.717) is 17.8 Å². The van der Waals surface area contributed by atoms with E-state index in [9.17, 15) is 13.6 Å². The molecule has 0 aromatic heterocycles. The zero-order valence-corrected chi connectivity index (χ0v) is 18.4. The highest BCUT2D eigenvalue weighted by atomic mass is 19.3. The van der Waals surface area contributed by atoms with Gasteiger partial charge in [-0.3, -0.25) is 4.79 Å². The predicted octanol–water partition coefficient (Wildman–Crippen LogP) is 6.42. The number of allylic oxidation sites excluding steroid dienone is 1. The summed E-state index contributed by atoms with van der Waals surface area (Å²) < 4.78 is 34.6. The molecular formula is C27H28F2O3. The second kappa shape index (κ2) is 8.02. The molecule has 0 N–H and O–H groups in total. The molecule has 2 aromatic rings. The molecule has 0 amide bonds. The summed E-state index contributed by atoms with van der Waals surface area (Å²) in [7, 11) is 1.71. The first kappa shape index (κ1) is 21.2. The Balaban J connectivity index is 1.40. The van der Waals surface area contributed by atoms with Crippen LogP contribution in [0.15, 0.2) is 48.0 Å². The molecule has 0 spiro atoms. The minimum Gasteiger partial charge on any atom is -0.497 e. The van der Waals surface area contributed by atoms with Crippen molar-refractivity contribution in [1.82, 2.24) is 0 Å². The fourth-order valence-corrected chi connectivity index (χ4v) is 6.43. The summed E-state index contributed by atoms with van der Waals surface area (Å²) >= 11 is 0. The fraction of sp³-hybridized carbons (Fsp3) is 0.444. The number of fused-ring (bicyclic) bond motifs is 5. The summed E-state index contributed by atoms with van der Waals surface area (Å²) in [6, 6.07) is 13.0. The lowest BCUT2D eigenvalue weighted by atomic mass is 9.55. The third-order valence-corrected chi connectivity index (χ3v) is 8.02. The van der Waals surface area contributed by atoms with Crippen molar-refractivity contribution in [3.8, 4) is 11.5 Å². The average Bonchev–Trinajstić information content (AvgIpc) is 3.04. The first-order valence-electron chi connectivity index (χ1n) is 11.4. The van der Waals surface area contributed by atoms with Crippen molar-refractivity contribution < 1.29 is 23.0 Å². The molecule has 0 aliphatic heterocycles. The Morgan fingerprint density at radius 3 is 2.56 bits per heavy atom. The van der Waals surface area contributed by atoms with Gasteiger partial charge in [-0.1, -0.05) is 25.1 Å². The molecule has 0 unspecified atom stereocenters. The van der Waals surface area contributed by atoms with Crippen molar-refractivity contribution in [3.63, 3.8) is 0 Å². The number of rotatable bonds is 4. The SMILES string of the molecule is COc1ccc2c(c1)CC[C@H]1[C@H]2CC[C@@]2(C)C(=O)/C(=C/c3ccc(OC(F)F)cc3)C[C@@H]12. The number of ketones is 1. The smallest absolute Gasteiger partial charge is 0.387 e. The van der Waals surface area contributed by atoms with Gasteiger partial charge in [-0.15, -0.1) is 0 Å². The molecule has 5 rings (SSSR count). The maximum atomic E-state index is 13.5. The Bertz CT molecular complexity index is 1060. The standard InChI is InChI=1S/C27H28F2O3/c1-27-12-11-22-21-10-8-20(31-2)14-17(21)5-9-23(22)24(27)15-18(25(27)30)13-16-3-6-19(7-4-16)32-26(28)29/h3-4,6-8,10,13-14,22-24,26H,5,9,11-12,15H2,1-2H3/b18-13+/t22-,23-,24-,27+/m0/s1. The number of hydrogen-bond donors (Lipinski definition) is 0. The number of carbonyl (C=O) groups excluding carboxylic acids is 1. The van der Waals surface area contributed by atoms with Crippen molar-refractivity contribution >= 4 is 11.9 Å². The minimum atomic E-state index is -2.84. The van der Waals surface area contributed by atoms with Crippen LogP contribution in [0.2, 0.25) is 0 Å². The first-order valence-corrected chi connectivity index (χ1v) is 11.4. The lowest BCUT2D eigenvalue weighted by Crippen LogP contribution is -2.42. The monoisotopic (exact) mass is 438 g/mol. The summed E-state index contributed by atoms with van der Waals surface area (Å²) in [5, 5.41) is 0. The van der Waals surface area contributed by atoms with E-state index in [2.05, 4.69) is 29.9 Å². The third kappa shape index (κ3) is 3.52. The van der Waals surface area contributed by atoms with Gasteiger partial charge in [0.2, 0.25) is 0 Å². The summed E-state index contributed by atoms with van der Waals surface area (Å²) in [5.41, 5.74) is 4.22. The van der Waals surface area contributed by atoms with Gasteiger partial charge < -0.3 is 9.47 Å². The molecule has 3 aliphatic rings. The van der Waals surface area contributed by atoms with Gasteiger partial charge in [0.15, 0.2) is 5.78 Å². The largest absolute Gasteiger partial charge is 0.497 e. The van der Waals surface area contributed by atoms with Crippen LogP contribution in [0.1, 0.15) is 55.2 Å². The molecule has 0 radical (unpaired) electrons. The Morgan fingerprint density at radius 1 is 1.09 bits per heavy atom. The number of benzene rings is 2. The zero-order chi connectivity index (χ0) is 22.5. The minimum absolute atomic E-state index is 0.126. The molecule has 3 aliphatic carbocycles. The molecule has 0 heterocycles. The Kier molecular flexibility index (Phi) is 5.31. The van der Waals surface area contributed by atoms with E-state index in [1.54, 1.807) is 19.2 Å². The first-order chi connectivity index (χ1) is 15.4. The summed E-state index contributed by atoms with van der Waals surface area (Å²) in [6.45, 7) is -0.687. The van der Waals surface area contributed by atoms with Crippen molar-refractivity contribution in [3.05, 3.63) is 64.7 Å². The summed E-state index contributed by atoms with van der Waals surface area (Å²) in [5.74, 6) is 2.65. The number of alkyl halides is 2. The average molecular weight is 439 g/mol. The highest BCUT2D eigenvalue weighted by molar-refractivity contribution is 6.06. The number of halogens is 2. The Hall–Kier alpha value is -2.69. The summed E-state index contributed by atoms with van der Waals surface area (Å²) in [6.07, 6.45) is 6.80. The van der Waals surface area contributed by atoms with Crippen LogP contribution in [-0.2, 0) is 11.2 Å². The second-order valence-electron chi connectivity index (χ2n) is 9.59. The Morgan fingerprint density at radius 2 is 1.84 bits per heavy atom. The molecule has 4 atom stereocenters. The van der Waals surface area contributed by atoms with Crippen molar-refractivity contribution in [2.24, 2.45) is 17.3 Å². The van der Waals surface area contributed by atoms with Crippen LogP contribution in [0.3, 0.4) is 0 Å². The molecule has 2 aromatic carbocycles. The van der Waals surface area contributed by atoms with Crippen LogP contribution in [0.5, 0.6) is 11.5 Å². The maximum absolute atomic E-state index is 13.5. The van der Waals surface area contributed by atoms with Gasteiger partial charge in [0.05, 0.1) is 7.11 Å². The molecule has 0 saturated heterocycles. The van der Waals surface area contributed by atoms with Gasteiger partial charge in [-0.2, -0.15) is 8.78 Å². The van der Waals surface area contributed by atoms with Crippen LogP contribution in [0.4, 0.5) is 8.78 Å². The van der Waals surface area contributed by atoms with E-state index < -0.39 is 6.61 Å². The molecule has 168 valence electrons. The van der Waals surface area contributed by atoms with Gasteiger partial charge >= 0.3 is 6.61 Å². The molecule has 0 bridgehead atoms. The van der Waals surface area contributed by atoms with Gasteiger partial charge in [0.1, 0.15) is 11.5 Å².